The Morgan fingerprint density at radius 1 is 0.606 bits per heavy atom. The monoisotopic (exact) mass is 457 g/mol. The molecular weight excluding hydrogens is 438 g/mol. The van der Waals surface area contributed by atoms with Crippen LogP contribution >= 0.6 is 0 Å². The van der Waals surface area contributed by atoms with Gasteiger partial charge < -0.3 is 4.74 Å². The zero-order chi connectivity index (χ0) is 23.3. The fourth-order valence-corrected chi connectivity index (χ4v) is 4.63. The zero-order valence-corrected chi connectivity index (χ0v) is 18.2. The molecule has 0 spiro atoms. The van der Waals surface area contributed by atoms with Gasteiger partial charge >= 0.3 is 5.97 Å². The van der Waals surface area contributed by atoms with Crippen LogP contribution in [0, 0.1) is 0 Å². The second-order valence-electron chi connectivity index (χ2n) is 6.98. The Bertz CT molecular complexity index is 1370. The van der Waals surface area contributed by atoms with Crippen LogP contribution in [0.4, 0.5) is 5.69 Å². The Balaban J connectivity index is 1.84. The third-order valence-electron chi connectivity index (χ3n) is 4.78. The van der Waals surface area contributed by atoms with Gasteiger partial charge in [0.05, 0.1) is 10.5 Å². The first-order chi connectivity index (χ1) is 16.0. The number of hydrogen-bond donors (Lipinski definition) is 0. The summed E-state index contributed by atoms with van der Waals surface area (Å²) in [5.41, 5.74) is 0.389. The molecule has 0 saturated carbocycles. The van der Waals surface area contributed by atoms with Crippen molar-refractivity contribution < 1.29 is 22.7 Å². The first-order valence-electron chi connectivity index (χ1n) is 10.0. The predicted molar refractivity (Wildman–Crippen MR) is 125 cm³/mol. The fraction of sp³-hybridized carbons (Fsp3) is 0. The Morgan fingerprint density at radius 2 is 1.09 bits per heavy atom. The Morgan fingerprint density at radius 3 is 1.70 bits per heavy atom. The summed E-state index contributed by atoms with van der Waals surface area (Å²) >= 11 is 0. The van der Waals surface area contributed by atoms with Crippen molar-refractivity contribution in [1.82, 2.24) is 0 Å². The number of rotatable bonds is 6. The molecule has 0 unspecified atom stereocenters. The largest absolute Gasteiger partial charge is 0.421 e. The quantitative estimate of drug-likeness (QED) is 0.303. The van der Waals surface area contributed by atoms with E-state index in [2.05, 4.69) is 0 Å². The summed E-state index contributed by atoms with van der Waals surface area (Å²) < 4.78 is 33.4. The molecule has 7 heteroatoms. The minimum Gasteiger partial charge on any atom is -0.421 e. The summed E-state index contributed by atoms with van der Waals surface area (Å²) in [5.74, 6) is -1.51. The summed E-state index contributed by atoms with van der Waals surface area (Å²) in [7, 11) is -4.33. The lowest BCUT2D eigenvalue weighted by atomic mass is 10.2. The van der Waals surface area contributed by atoms with Crippen molar-refractivity contribution in [2.45, 2.75) is 4.90 Å². The summed E-state index contributed by atoms with van der Waals surface area (Å²) in [6, 6.07) is 30.0. The van der Waals surface area contributed by atoms with Crippen molar-refractivity contribution in [3.63, 3.8) is 0 Å². The third kappa shape index (κ3) is 4.68. The highest BCUT2D eigenvalue weighted by Crippen LogP contribution is 2.34. The first kappa shape index (κ1) is 22.0. The molecule has 0 aliphatic rings. The minimum atomic E-state index is -4.33. The number of hydrogen-bond acceptors (Lipinski definition) is 5. The molecule has 0 heterocycles. The van der Waals surface area contributed by atoms with E-state index in [1.54, 1.807) is 78.9 Å². The Kier molecular flexibility index (Phi) is 6.33. The van der Waals surface area contributed by atoms with Crippen molar-refractivity contribution in [1.29, 1.82) is 0 Å². The average molecular weight is 458 g/mol. The van der Waals surface area contributed by atoms with Crippen LogP contribution in [0.5, 0.6) is 5.75 Å². The van der Waals surface area contributed by atoms with E-state index in [0.717, 1.165) is 0 Å². The highest BCUT2D eigenvalue weighted by atomic mass is 32.2. The molecule has 164 valence electrons. The van der Waals surface area contributed by atoms with E-state index in [1.165, 1.54) is 36.4 Å². The highest BCUT2D eigenvalue weighted by molar-refractivity contribution is 7.93. The molecule has 1 amide bonds. The van der Waals surface area contributed by atoms with Gasteiger partial charge in [-0.05, 0) is 48.5 Å². The van der Waals surface area contributed by atoms with Gasteiger partial charge in [-0.25, -0.2) is 13.2 Å². The van der Waals surface area contributed by atoms with Crippen LogP contribution in [0.3, 0.4) is 0 Å². The molecule has 0 aliphatic carbocycles. The number of benzene rings is 4. The number of nitrogens with zero attached hydrogens (tertiary/aromatic N) is 1. The number of carbonyl (C=O) groups excluding carboxylic acids is 2. The molecule has 6 nitrogen and oxygen atoms in total. The van der Waals surface area contributed by atoms with Gasteiger partial charge in [0.15, 0.2) is 5.75 Å². The molecular formula is C26H19NO5S. The standard InChI is InChI=1S/C26H19NO5S/c28-25(20-12-4-1-5-13-20)27(33(30,31)22-16-8-3-9-17-22)23-18-10-11-19-24(23)32-26(29)21-14-6-2-7-15-21/h1-19H. The van der Waals surface area contributed by atoms with Crippen LogP contribution in [-0.4, -0.2) is 20.3 Å². The van der Waals surface area contributed by atoms with Crippen molar-refractivity contribution in [3.8, 4) is 5.75 Å². The number of carbonyl (C=O) groups is 2. The summed E-state index contributed by atoms with van der Waals surface area (Å²) in [6.07, 6.45) is 0. The summed E-state index contributed by atoms with van der Waals surface area (Å²) in [6.45, 7) is 0. The Labute approximate surface area is 191 Å². The maximum absolute atomic E-state index is 13.6. The van der Waals surface area contributed by atoms with Gasteiger partial charge in [-0.2, -0.15) is 4.31 Å². The Hall–Kier alpha value is -4.23. The van der Waals surface area contributed by atoms with Crippen LogP contribution in [0.15, 0.2) is 120 Å². The summed E-state index contributed by atoms with van der Waals surface area (Å²) in [5, 5.41) is 0. The van der Waals surface area contributed by atoms with E-state index in [0.29, 0.717) is 9.87 Å². The van der Waals surface area contributed by atoms with Crippen LogP contribution < -0.4 is 9.04 Å². The van der Waals surface area contributed by atoms with Crippen molar-refractivity contribution in [3.05, 3.63) is 126 Å². The van der Waals surface area contributed by atoms with E-state index < -0.39 is 21.9 Å². The molecule has 0 fully saturated rings. The molecule has 33 heavy (non-hydrogen) atoms. The van der Waals surface area contributed by atoms with Crippen molar-refractivity contribution in [2.24, 2.45) is 0 Å². The van der Waals surface area contributed by atoms with Gasteiger partial charge in [-0.3, -0.25) is 4.79 Å². The fourth-order valence-electron chi connectivity index (χ4n) is 3.19. The lowest BCUT2D eigenvalue weighted by molar-refractivity contribution is 0.0734. The topological polar surface area (TPSA) is 80.8 Å². The van der Waals surface area contributed by atoms with Gasteiger partial charge in [0.2, 0.25) is 0 Å². The van der Waals surface area contributed by atoms with Crippen LogP contribution in [0.25, 0.3) is 0 Å². The molecule has 4 rings (SSSR count). The van der Waals surface area contributed by atoms with Gasteiger partial charge in [-0.1, -0.05) is 66.7 Å². The van der Waals surface area contributed by atoms with Gasteiger partial charge in [0, 0.05) is 5.56 Å². The third-order valence-corrected chi connectivity index (χ3v) is 6.49. The minimum absolute atomic E-state index is 0.0601. The smallest absolute Gasteiger partial charge is 0.343 e. The predicted octanol–water partition coefficient (Wildman–Crippen LogP) is 4.94. The van der Waals surface area contributed by atoms with Gasteiger partial charge in [-0.15, -0.1) is 0 Å². The van der Waals surface area contributed by atoms with Crippen molar-refractivity contribution in [2.75, 3.05) is 4.31 Å². The van der Waals surface area contributed by atoms with E-state index in [1.807, 2.05) is 0 Å². The second kappa shape index (κ2) is 9.50. The van der Waals surface area contributed by atoms with Gasteiger partial charge in [0.1, 0.15) is 5.69 Å². The van der Waals surface area contributed by atoms with E-state index in [9.17, 15) is 18.0 Å². The number of anilines is 1. The molecule has 0 radical (unpaired) electrons. The highest BCUT2D eigenvalue weighted by Gasteiger charge is 2.34. The maximum atomic E-state index is 13.6. The number of amides is 1. The normalized spacial score (nSPS) is 10.9. The van der Waals surface area contributed by atoms with E-state index in [-0.39, 0.29) is 21.9 Å². The van der Waals surface area contributed by atoms with Gasteiger partial charge in [0.25, 0.3) is 15.9 Å². The second-order valence-corrected chi connectivity index (χ2v) is 8.76. The number of esters is 1. The van der Waals surface area contributed by atoms with E-state index in [4.69, 9.17) is 4.74 Å². The number of ether oxygens (including phenoxy) is 1. The maximum Gasteiger partial charge on any atom is 0.343 e. The number of para-hydroxylation sites is 2. The molecule has 0 bridgehead atoms. The molecule has 4 aromatic rings. The van der Waals surface area contributed by atoms with Crippen LogP contribution in [-0.2, 0) is 10.0 Å². The number of sulfonamides is 1. The molecule has 0 aliphatic heterocycles. The lowest BCUT2D eigenvalue weighted by Gasteiger charge is -2.24. The van der Waals surface area contributed by atoms with E-state index >= 15 is 0 Å². The molecule has 4 aromatic carbocycles. The first-order valence-corrected chi connectivity index (χ1v) is 11.5. The average Bonchev–Trinajstić information content (AvgIpc) is 2.86. The van der Waals surface area contributed by atoms with Crippen molar-refractivity contribution >= 4 is 27.6 Å². The lowest BCUT2D eigenvalue weighted by Crippen LogP contribution is -2.37. The summed E-state index contributed by atoms with van der Waals surface area (Å²) in [4.78, 5) is 26.1. The van der Waals surface area contributed by atoms with Crippen LogP contribution in [0.1, 0.15) is 20.7 Å². The molecule has 0 N–H and O–H groups in total. The SMILES string of the molecule is O=C(Oc1ccccc1N(C(=O)c1ccccc1)S(=O)(=O)c1ccccc1)c1ccccc1. The van der Waals surface area contributed by atoms with Crippen LogP contribution in [0.2, 0.25) is 0 Å². The zero-order valence-electron chi connectivity index (χ0n) is 17.4. The molecule has 0 saturated heterocycles. The molecule has 0 atom stereocenters. The molecule has 0 aromatic heterocycles.